The zero-order valence-corrected chi connectivity index (χ0v) is 25.6. The van der Waals surface area contributed by atoms with E-state index in [9.17, 15) is 22.8 Å². The second-order valence-corrected chi connectivity index (χ2v) is 11.4. The number of furan rings is 1. The van der Waals surface area contributed by atoms with E-state index < -0.39 is 36.3 Å². The number of hydrogen-bond donors (Lipinski definition) is 2. The summed E-state index contributed by atoms with van der Waals surface area (Å²) in [6.45, 7) is -0.0840. The van der Waals surface area contributed by atoms with Gasteiger partial charge in [-0.25, -0.2) is 22.5 Å². The smallest absolute Gasteiger partial charge is 0.253 e. The molecule has 1 saturated heterocycles. The molecule has 2 amide bonds. The van der Waals surface area contributed by atoms with Crippen LogP contribution in [0.1, 0.15) is 34.5 Å². The molecular formula is C37H30F4N4O3. The molecule has 3 heterocycles. The number of piperidine rings is 1. The normalized spacial score (nSPS) is 14.3. The predicted octanol–water partition coefficient (Wildman–Crippen LogP) is 7.74. The standard InChI is InChI=1S/C37H30F4N4O3/c38-27-7-3-24(4-8-27)31-19-25(29-10-6-26(20-32(29)39)36(47)45-17-15-37(40,41)16-18-45)5-11-30(31)33-12-9-28(48-33)22-44-35(46)14-2-23-1-13-34(42)43-21-23/h1-14,19-21H,15-18,22H2,(H2,42,43)(H,44,46)/b14-2+. The Hall–Kier alpha value is -5.71. The van der Waals surface area contributed by atoms with Crippen molar-refractivity contribution in [2.45, 2.75) is 25.3 Å². The number of nitrogens with zero attached hydrogens (tertiary/aromatic N) is 2. The van der Waals surface area contributed by atoms with Crippen molar-refractivity contribution in [1.82, 2.24) is 15.2 Å². The maximum atomic E-state index is 15.5. The average molecular weight is 655 g/mol. The van der Waals surface area contributed by atoms with Gasteiger partial charge in [0, 0.05) is 54.9 Å². The van der Waals surface area contributed by atoms with Crippen LogP contribution in [-0.2, 0) is 11.3 Å². The lowest BCUT2D eigenvalue weighted by Crippen LogP contribution is -2.42. The monoisotopic (exact) mass is 654 g/mol. The number of carbonyl (C=O) groups is 2. The number of pyridine rings is 1. The zero-order chi connectivity index (χ0) is 33.8. The lowest BCUT2D eigenvalue weighted by Gasteiger charge is -2.31. The summed E-state index contributed by atoms with van der Waals surface area (Å²) in [7, 11) is 0. The summed E-state index contributed by atoms with van der Waals surface area (Å²) < 4.78 is 62.5. The van der Waals surface area contributed by atoms with Gasteiger partial charge in [-0.05, 0) is 89.0 Å². The molecule has 0 saturated carbocycles. The van der Waals surface area contributed by atoms with Crippen LogP contribution in [0.5, 0.6) is 0 Å². The number of nitrogens with two attached hydrogens (primary N) is 1. The summed E-state index contributed by atoms with van der Waals surface area (Å²) >= 11 is 0. The lowest BCUT2D eigenvalue weighted by atomic mass is 9.93. The second-order valence-electron chi connectivity index (χ2n) is 11.4. The van der Waals surface area contributed by atoms with Crippen molar-refractivity contribution < 1.29 is 31.6 Å². The summed E-state index contributed by atoms with van der Waals surface area (Å²) in [5.74, 6) is -3.38. The molecule has 48 heavy (non-hydrogen) atoms. The molecule has 3 aromatic carbocycles. The molecule has 1 aliphatic rings. The van der Waals surface area contributed by atoms with E-state index in [-0.39, 0.29) is 36.7 Å². The number of likely N-dealkylation sites (tertiary alicyclic amines) is 1. The Kier molecular flexibility index (Phi) is 9.11. The van der Waals surface area contributed by atoms with E-state index in [1.165, 1.54) is 35.2 Å². The molecule has 0 atom stereocenters. The maximum absolute atomic E-state index is 15.5. The lowest BCUT2D eigenvalue weighted by molar-refractivity contribution is -0.116. The third-order valence-electron chi connectivity index (χ3n) is 8.08. The molecule has 0 spiro atoms. The number of rotatable bonds is 8. The van der Waals surface area contributed by atoms with Gasteiger partial charge in [0.1, 0.15) is 29.0 Å². The van der Waals surface area contributed by atoms with Crippen LogP contribution in [0.25, 0.3) is 39.7 Å². The number of alkyl halides is 2. The molecule has 11 heteroatoms. The Morgan fingerprint density at radius 1 is 0.875 bits per heavy atom. The van der Waals surface area contributed by atoms with E-state index in [1.54, 1.807) is 66.9 Å². The molecule has 0 bridgehead atoms. The molecule has 5 aromatic rings. The van der Waals surface area contributed by atoms with Crippen LogP contribution in [-0.4, -0.2) is 40.7 Å². The van der Waals surface area contributed by atoms with Gasteiger partial charge in [0.2, 0.25) is 5.91 Å². The number of hydrogen-bond acceptors (Lipinski definition) is 5. The second kappa shape index (κ2) is 13.6. The van der Waals surface area contributed by atoms with E-state index in [4.69, 9.17) is 10.2 Å². The Morgan fingerprint density at radius 3 is 2.31 bits per heavy atom. The Bertz CT molecular complexity index is 1980. The first-order chi connectivity index (χ1) is 23.0. The van der Waals surface area contributed by atoms with E-state index >= 15 is 4.39 Å². The Labute approximate surface area is 273 Å². The van der Waals surface area contributed by atoms with Gasteiger partial charge in [0.25, 0.3) is 11.8 Å². The van der Waals surface area contributed by atoms with Crippen LogP contribution in [0.2, 0.25) is 0 Å². The highest BCUT2D eigenvalue weighted by atomic mass is 19.3. The first-order valence-corrected chi connectivity index (χ1v) is 15.2. The first-order valence-electron chi connectivity index (χ1n) is 15.2. The average Bonchev–Trinajstić information content (AvgIpc) is 3.56. The van der Waals surface area contributed by atoms with E-state index in [0.717, 1.165) is 6.07 Å². The first kappa shape index (κ1) is 32.2. The van der Waals surface area contributed by atoms with Crippen LogP contribution in [0.3, 0.4) is 0 Å². The van der Waals surface area contributed by atoms with Crippen molar-refractivity contribution in [3.8, 4) is 33.6 Å². The van der Waals surface area contributed by atoms with Crippen LogP contribution in [0, 0.1) is 11.6 Å². The van der Waals surface area contributed by atoms with Gasteiger partial charge < -0.3 is 20.4 Å². The molecule has 6 rings (SSSR count). The summed E-state index contributed by atoms with van der Waals surface area (Å²) in [5, 5.41) is 2.76. The van der Waals surface area contributed by atoms with E-state index in [0.29, 0.717) is 45.2 Å². The Morgan fingerprint density at radius 2 is 1.60 bits per heavy atom. The topological polar surface area (TPSA) is 101 Å². The van der Waals surface area contributed by atoms with Crippen molar-refractivity contribution in [3.05, 3.63) is 126 Å². The number of aromatic nitrogens is 1. The number of amides is 2. The fourth-order valence-corrected chi connectivity index (χ4v) is 5.43. The van der Waals surface area contributed by atoms with E-state index in [1.807, 2.05) is 0 Å². The van der Waals surface area contributed by atoms with Crippen LogP contribution in [0.15, 0.2) is 102 Å². The van der Waals surface area contributed by atoms with Crippen molar-refractivity contribution in [2.75, 3.05) is 18.8 Å². The molecule has 1 fully saturated rings. The number of nitrogen functional groups attached to an aromatic ring is 1. The Balaban J connectivity index is 1.22. The molecule has 1 aliphatic heterocycles. The molecule has 244 valence electrons. The minimum Gasteiger partial charge on any atom is -0.459 e. The highest BCUT2D eigenvalue weighted by molar-refractivity contribution is 5.95. The third kappa shape index (κ3) is 7.46. The highest BCUT2D eigenvalue weighted by Crippen LogP contribution is 2.38. The highest BCUT2D eigenvalue weighted by Gasteiger charge is 2.36. The van der Waals surface area contributed by atoms with Gasteiger partial charge in [-0.2, -0.15) is 0 Å². The van der Waals surface area contributed by atoms with E-state index in [2.05, 4.69) is 10.3 Å². The molecule has 2 aromatic heterocycles. The van der Waals surface area contributed by atoms with Gasteiger partial charge in [-0.15, -0.1) is 0 Å². The van der Waals surface area contributed by atoms with Gasteiger partial charge in [-0.3, -0.25) is 9.59 Å². The SMILES string of the molecule is Nc1ccc(/C=C/C(=O)NCc2ccc(-c3ccc(-c4ccc(C(=O)N5CCC(F)(F)CC5)cc4F)cc3-c3ccc(F)cc3)o2)cn1. The number of nitrogens with one attached hydrogen (secondary N) is 1. The van der Waals surface area contributed by atoms with Crippen molar-refractivity contribution >= 4 is 23.7 Å². The largest absolute Gasteiger partial charge is 0.459 e. The summed E-state index contributed by atoms with van der Waals surface area (Å²) in [5.41, 5.74) is 9.02. The predicted molar refractivity (Wildman–Crippen MR) is 175 cm³/mol. The minimum atomic E-state index is -2.80. The third-order valence-corrected chi connectivity index (χ3v) is 8.08. The van der Waals surface area contributed by atoms with Crippen molar-refractivity contribution in [2.24, 2.45) is 0 Å². The number of anilines is 1. The molecule has 0 radical (unpaired) electrons. The fraction of sp³-hybridized carbons (Fsp3) is 0.162. The number of carbonyl (C=O) groups excluding carboxylic acids is 2. The molecular weight excluding hydrogens is 624 g/mol. The summed E-state index contributed by atoms with van der Waals surface area (Å²) in [6, 6.07) is 22.0. The molecule has 0 unspecified atom stereocenters. The number of halogens is 4. The van der Waals surface area contributed by atoms with Crippen LogP contribution >= 0.6 is 0 Å². The van der Waals surface area contributed by atoms with Gasteiger partial charge >= 0.3 is 0 Å². The molecule has 0 aliphatic carbocycles. The minimum absolute atomic E-state index is 0.0739. The summed E-state index contributed by atoms with van der Waals surface area (Å²) in [6.07, 6.45) is 3.68. The van der Waals surface area contributed by atoms with Crippen molar-refractivity contribution in [1.29, 1.82) is 0 Å². The molecule has 7 nitrogen and oxygen atoms in total. The van der Waals surface area contributed by atoms with Crippen molar-refractivity contribution in [3.63, 3.8) is 0 Å². The summed E-state index contributed by atoms with van der Waals surface area (Å²) in [4.78, 5) is 30.6. The fourth-order valence-electron chi connectivity index (χ4n) is 5.43. The quantitative estimate of drug-likeness (QED) is 0.132. The maximum Gasteiger partial charge on any atom is 0.253 e. The van der Waals surface area contributed by atoms with Gasteiger partial charge in [0.15, 0.2) is 0 Å². The zero-order valence-electron chi connectivity index (χ0n) is 25.6. The number of benzene rings is 3. The molecule has 3 N–H and O–H groups in total. The van der Waals surface area contributed by atoms with Gasteiger partial charge in [-0.1, -0.05) is 24.3 Å². The van der Waals surface area contributed by atoms with Gasteiger partial charge in [0.05, 0.1) is 6.54 Å². The van der Waals surface area contributed by atoms with Crippen LogP contribution in [0.4, 0.5) is 23.4 Å². The van der Waals surface area contributed by atoms with Crippen LogP contribution < -0.4 is 11.1 Å².